The van der Waals surface area contributed by atoms with Crippen LogP contribution in [0.5, 0.6) is 0 Å². The number of ether oxygens (including phenoxy) is 1. The van der Waals surface area contributed by atoms with E-state index in [9.17, 15) is 4.79 Å². The van der Waals surface area contributed by atoms with E-state index in [0.717, 1.165) is 11.0 Å². The fourth-order valence-electron chi connectivity index (χ4n) is 0.535. The minimum Gasteiger partial charge on any atom is -0.456 e. The molecule has 0 rings (SSSR count). The highest BCUT2D eigenvalue weighted by molar-refractivity contribution is 5.86. The number of nitrogens with zero attached hydrogens (tertiary/aromatic N) is 1. The molecule has 0 aliphatic rings. The van der Waals surface area contributed by atoms with Crippen molar-refractivity contribution in [2.75, 3.05) is 34.3 Å². The molecular weight excluding hydrogens is 202 g/mol. The molecule has 0 N–H and O–H groups in total. The molecule has 0 atom stereocenters. The zero-order valence-corrected chi connectivity index (χ0v) is 10.6. The van der Waals surface area contributed by atoms with Gasteiger partial charge in [0.05, 0.1) is 21.1 Å². The van der Waals surface area contributed by atoms with Gasteiger partial charge in [-0.15, -0.1) is 12.4 Å². The molecule has 0 aliphatic heterocycles. The van der Waals surface area contributed by atoms with Gasteiger partial charge >= 0.3 is 5.97 Å². The van der Waals surface area contributed by atoms with Crippen molar-refractivity contribution in [2.24, 2.45) is 0 Å². The Balaban J connectivity index is -0.000000605. The highest BCUT2D eigenvalue weighted by atomic mass is 35.5. The molecule has 0 unspecified atom stereocenters. The van der Waals surface area contributed by atoms with E-state index in [-0.39, 0.29) is 25.8 Å². The lowest BCUT2D eigenvalue weighted by atomic mass is 10.4. The van der Waals surface area contributed by atoms with Crippen LogP contribution in [-0.2, 0) is 9.53 Å². The number of halogens is 1. The second-order valence-electron chi connectivity index (χ2n) is 3.93. The largest absolute Gasteiger partial charge is 0.456 e. The Morgan fingerprint density at radius 2 is 1.79 bits per heavy atom. The van der Waals surface area contributed by atoms with E-state index in [0.29, 0.717) is 12.2 Å². The molecule has 1 radical (unpaired) electrons. The molecule has 3 nitrogen and oxygen atoms in total. The highest BCUT2D eigenvalue weighted by Crippen LogP contribution is 1.94. The van der Waals surface area contributed by atoms with E-state index in [1.54, 1.807) is 6.92 Å². The topological polar surface area (TPSA) is 26.3 Å². The lowest BCUT2D eigenvalue weighted by molar-refractivity contribution is -0.870. The van der Waals surface area contributed by atoms with Crippen LogP contribution in [0, 0.1) is 7.43 Å². The Labute approximate surface area is 93.7 Å². The van der Waals surface area contributed by atoms with Crippen molar-refractivity contribution in [3.8, 4) is 0 Å². The summed E-state index contributed by atoms with van der Waals surface area (Å²) in [5.41, 5.74) is 0.455. The Hall–Kier alpha value is -0.540. The average Bonchev–Trinajstić information content (AvgIpc) is 1.84. The minimum atomic E-state index is -0.302. The first-order valence-electron chi connectivity index (χ1n) is 3.96. The van der Waals surface area contributed by atoms with Crippen molar-refractivity contribution >= 4 is 18.4 Å². The van der Waals surface area contributed by atoms with Gasteiger partial charge in [-0.25, -0.2) is 4.79 Å². The van der Waals surface area contributed by atoms with E-state index in [2.05, 4.69) is 27.7 Å². The van der Waals surface area contributed by atoms with Gasteiger partial charge in [0.15, 0.2) is 0 Å². The molecule has 4 heteroatoms. The van der Waals surface area contributed by atoms with Crippen LogP contribution >= 0.6 is 12.4 Å². The van der Waals surface area contributed by atoms with Gasteiger partial charge in [-0.3, -0.25) is 0 Å². The Kier molecular flexibility index (Phi) is 10.7. The van der Waals surface area contributed by atoms with Crippen LogP contribution in [-0.4, -0.2) is 44.7 Å². The standard InChI is InChI=1S/C9H18NO2.CH3.ClH/c1-8(2)9(11)12-7-6-10(3,4)5;;/h1,6-7H2,2-5H3;1H3;1H/q+1;;. The third-order valence-electron chi connectivity index (χ3n) is 1.34. The first-order chi connectivity index (χ1) is 5.33. The summed E-state index contributed by atoms with van der Waals surface area (Å²) in [4.78, 5) is 10.9. The summed E-state index contributed by atoms with van der Waals surface area (Å²) in [6.07, 6.45) is 0. The van der Waals surface area contributed by atoms with Crippen LogP contribution in [0.2, 0.25) is 0 Å². The molecule has 14 heavy (non-hydrogen) atoms. The van der Waals surface area contributed by atoms with Crippen LogP contribution in [0.4, 0.5) is 0 Å². The summed E-state index contributed by atoms with van der Waals surface area (Å²) in [5, 5.41) is 0. The SMILES string of the molecule is C=C(C)C(=O)OCC[N+](C)(C)C.Cl.[CH3]. The number of esters is 1. The molecule has 0 aromatic heterocycles. The fraction of sp³-hybridized carbons (Fsp3) is 0.600. The monoisotopic (exact) mass is 223 g/mol. The summed E-state index contributed by atoms with van der Waals surface area (Å²) < 4.78 is 5.72. The Morgan fingerprint density at radius 3 is 2.07 bits per heavy atom. The fourth-order valence-corrected chi connectivity index (χ4v) is 0.535. The number of hydrogen-bond acceptors (Lipinski definition) is 2. The number of carbonyl (C=O) groups is 1. The van der Waals surface area contributed by atoms with Crippen LogP contribution in [0.1, 0.15) is 6.92 Å². The normalized spacial score (nSPS) is 9.43. The molecule has 0 bridgehead atoms. The third kappa shape index (κ3) is 11.5. The van der Waals surface area contributed by atoms with Crippen LogP contribution < -0.4 is 0 Å². The lowest BCUT2D eigenvalue weighted by Gasteiger charge is -2.23. The van der Waals surface area contributed by atoms with Crippen LogP contribution in [0.3, 0.4) is 0 Å². The first kappa shape index (κ1) is 19.1. The van der Waals surface area contributed by atoms with Gasteiger partial charge in [-0.2, -0.15) is 0 Å². The summed E-state index contributed by atoms with van der Waals surface area (Å²) in [5.74, 6) is -0.302. The zero-order chi connectivity index (χ0) is 9.78. The third-order valence-corrected chi connectivity index (χ3v) is 1.34. The predicted molar refractivity (Wildman–Crippen MR) is 62.3 cm³/mol. The molecule has 85 valence electrons. The number of hydrogen-bond donors (Lipinski definition) is 0. The number of likely N-dealkylation sites (N-methyl/N-ethyl adjacent to an activating group) is 1. The quantitative estimate of drug-likeness (QED) is 0.412. The summed E-state index contributed by atoms with van der Waals surface area (Å²) in [6, 6.07) is 0. The molecule has 0 aromatic rings. The van der Waals surface area contributed by atoms with Crippen LogP contribution in [0.25, 0.3) is 0 Å². The summed E-state index contributed by atoms with van der Waals surface area (Å²) in [7, 11) is 6.15. The van der Waals surface area contributed by atoms with Crippen molar-refractivity contribution in [3.63, 3.8) is 0 Å². The second-order valence-corrected chi connectivity index (χ2v) is 3.93. The van der Waals surface area contributed by atoms with Crippen molar-refractivity contribution in [1.82, 2.24) is 0 Å². The molecule has 0 amide bonds. The van der Waals surface area contributed by atoms with Gasteiger partial charge < -0.3 is 9.22 Å². The maximum absolute atomic E-state index is 10.9. The van der Waals surface area contributed by atoms with Crippen molar-refractivity contribution in [1.29, 1.82) is 0 Å². The molecule has 0 spiro atoms. The van der Waals surface area contributed by atoms with Gasteiger partial charge in [0.25, 0.3) is 0 Å². The van der Waals surface area contributed by atoms with Crippen molar-refractivity contribution in [2.45, 2.75) is 6.92 Å². The van der Waals surface area contributed by atoms with Crippen molar-refractivity contribution in [3.05, 3.63) is 19.6 Å². The van der Waals surface area contributed by atoms with E-state index < -0.39 is 0 Å². The van der Waals surface area contributed by atoms with E-state index in [1.807, 2.05) is 0 Å². The maximum Gasteiger partial charge on any atom is 0.333 e. The van der Waals surface area contributed by atoms with Gasteiger partial charge in [-0.05, 0) is 6.92 Å². The maximum atomic E-state index is 10.9. The molecule has 0 aromatic carbocycles. The molecule has 0 saturated heterocycles. The Morgan fingerprint density at radius 1 is 1.36 bits per heavy atom. The highest BCUT2D eigenvalue weighted by Gasteiger charge is 2.09. The molecule has 0 heterocycles. The van der Waals surface area contributed by atoms with Gasteiger partial charge in [-0.1, -0.05) is 14.0 Å². The predicted octanol–water partition coefficient (Wildman–Crippen LogP) is 1.68. The number of carbonyl (C=O) groups excluding carboxylic acids is 1. The number of rotatable bonds is 4. The Bertz CT molecular complexity index is 185. The lowest BCUT2D eigenvalue weighted by Crippen LogP contribution is -2.38. The van der Waals surface area contributed by atoms with Gasteiger partial charge in [0, 0.05) is 5.57 Å². The first-order valence-corrected chi connectivity index (χ1v) is 3.96. The van der Waals surface area contributed by atoms with E-state index in [4.69, 9.17) is 4.74 Å². The molecule has 0 aliphatic carbocycles. The summed E-state index contributed by atoms with van der Waals surface area (Å²) >= 11 is 0. The molecule has 0 fully saturated rings. The summed E-state index contributed by atoms with van der Waals surface area (Å²) in [6.45, 7) is 6.41. The van der Waals surface area contributed by atoms with E-state index >= 15 is 0 Å². The smallest absolute Gasteiger partial charge is 0.333 e. The van der Waals surface area contributed by atoms with Crippen LogP contribution in [0.15, 0.2) is 12.2 Å². The van der Waals surface area contributed by atoms with Gasteiger partial charge in [0.1, 0.15) is 13.2 Å². The molecular formula is C10H22ClNO2+. The average molecular weight is 224 g/mol. The second kappa shape index (κ2) is 7.83. The molecule has 0 saturated carbocycles. The minimum absolute atomic E-state index is 0. The van der Waals surface area contributed by atoms with Crippen molar-refractivity contribution < 1.29 is 14.0 Å². The number of quaternary nitrogens is 1. The van der Waals surface area contributed by atoms with E-state index in [1.165, 1.54) is 0 Å². The van der Waals surface area contributed by atoms with Gasteiger partial charge in [0.2, 0.25) is 0 Å². The zero-order valence-electron chi connectivity index (χ0n) is 9.79.